The average molecular weight is 291 g/mol. The predicted octanol–water partition coefficient (Wildman–Crippen LogP) is 2.54. The van der Waals surface area contributed by atoms with Crippen molar-refractivity contribution in [3.8, 4) is 0 Å². The van der Waals surface area contributed by atoms with E-state index in [2.05, 4.69) is 22.1 Å². The summed E-state index contributed by atoms with van der Waals surface area (Å²) in [7, 11) is 1.41. The first-order valence-corrected chi connectivity index (χ1v) is 7.63. The number of hydrogen-bond donors (Lipinski definition) is 1. The molecule has 0 aliphatic carbocycles. The van der Waals surface area contributed by atoms with Crippen molar-refractivity contribution in [3.63, 3.8) is 0 Å². The first-order valence-electron chi connectivity index (χ1n) is 7.63. The van der Waals surface area contributed by atoms with Crippen LogP contribution in [0.2, 0.25) is 0 Å². The third kappa shape index (κ3) is 4.34. The van der Waals surface area contributed by atoms with Gasteiger partial charge >= 0.3 is 5.97 Å². The number of nitrogens with zero attached hydrogens (tertiary/aromatic N) is 2. The van der Waals surface area contributed by atoms with Gasteiger partial charge in [-0.1, -0.05) is 13.8 Å². The second-order valence-corrected chi connectivity index (χ2v) is 5.88. The normalized spacial score (nSPS) is 17.4. The SMILES string of the molecule is COC(=O)C(C)CNc1ccc(N2CCC(C)CC2)nc1. The topological polar surface area (TPSA) is 54.5 Å². The van der Waals surface area contributed by atoms with Crippen LogP contribution in [0.25, 0.3) is 0 Å². The van der Waals surface area contributed by atoms with E-state index < -0.39 is 0 Å². The van der Waals surface area contributed by atoms with E-state index in [-0.39, 0.29) is 11.9 Å². The van der Waals surface area contributed by atoms with Gasteiger partial charge in [0.25, 0.3) is 0 Å². The van der Waals surface area contributed by atoms with Crippen LogP contribution in [-0.4, -0.2) is 37.7 Å². The molecule has 1 unspecified atom stereocenters. The summed E-state index contributed by atoms with van der Waals surface area (Å²) in [5.74, 6) is 1.49. The highest BCUT2D eigenvalue weighted by molar-refractivity contribution is 5.72. The standard InChI is InChI=1S/C16H25N3O2/c1-12-6-8-19(9-7-12)15-5-4-14(11-18-15)17-10-13(2)16(20)21-3/h4-5,11-13,17H,6-10H2,1-3H3. The van der Waals surface area contributed by atoms with E-state index in [9.17, 15) is 4.79 Å². The van der Waals surface area contributed by atoms with Gasteiger partial charge in [-0.15, -0.1) is 0 Å². The Morgan fingerprint density at radius 1 is 1.48 bits per heavy atom. The van der Waals surface area contributed by atoms with E-state index in [1.807, 2.05) is 25.3 Å². The molecule has 0 bridgehead atoms. The zero-order valence-corrected chi connectivity index (χ0v) is 13.1. The lowest BCUT2D eigenvalue weighted by atomic mass is 9.99. The van der Waals surface area contributed by atoms with Crippen molar-refractivity contribution in [2.45, 2.75) is 26.7 Å². The molecular formula is C16H25N3O2. The van der Waals surface area contributed by atoms with Gasteiger partial charge in [0, 0.05) is 19.6 Å². The molecule has 5 nitrogen and oxygen atoms in total. The molecule has 1 aliphatic rings. The smallest absolute Gasteiger partial charge is 0.310 e. The van der Waals surface area contributed by atoms with E-state index in [1.165, 1.54) is 20.0 Å². The molecule has 21 heavy (non-hydrogen) atoms. The first kappa shape index (κ1) is 15.6. The Bertz CT molecular complexity index is 453. The Kier molecular flexibility index (Phi) is 5.42. The Morgan fingerprint density at radius 2 is 2.19 bits per heavy atom. The molecule has 5 heteroatoms. The molecule has 1 saturated heterocycles. The third-order valence-corrected chi connectivity index (χ3v) is 4.07. The summed E-state index contributed by atoms with van der Waals surface area (Å²) in [4.78, 5) is 18.2. The molecule has 2 heterocycles. The van der Waals surface area contributed by atoms with Crippen molar-refractivity contribution >= 4 is 17.5 Å². The van der Waals surface area contributed by atoms with Gasteiger partial charge in [0.1, 0.15) is 5.82 Å². The Morgan fingerprint density at radius 3 is 2.76 bits per heavy atom. The second kappa shape index (κ2) is 7.29. The number of carbonyl (C=O) groups is 1. The van der Waals surface area contributed by atoms with Crippen molar-refractivity contribution in [1.29, 1.82) is 0 Å². The number of aromatic nitrogens is 1. The molecular weight excluding hydrogens is 266 g/mol. The van der Waals surface area contributed by atoms with Crippen LogP contribution in [0.5, 0.6) is 0 Å². The highest BCUT2D eigenvalue weighted by atomic mass is 16.5. The highest BCUT2D eigenvalue weighted by Gasteiger charge is 2.17. The number of pyridine rings is 1. The van der Waals surface area contributed by atoms with Gasteiger partial charge in [-0.25, -0.2) is 4.98 Å². The van der Waals surface area contributed by atoms with Crippen LogP contribution in [0.3, 0.4) is 0 Å². The Labute approximate surface area is 126 Å². The largest absolute Gasteiger partial charge is 0.469 e. The number of piperidine rings is 1. The number of ether oxygens (including phenoxy) is 1. The molecule has 1 aromatic heterocycles. The lowest BCUT2D eigenvalue weighted by Crippen LogP contribution is -2.33. The van der Waals surface area contributed by atoms with Crippen molar-refractivity contribution < 1.29 is 9.53 Å². The molecule has 0 aromatic carbocycles. The number of nitrogens with one attached hydrogen (secondary N) is 1. The number of carbonyl (C=O) groups excluding carboxylic acids is 1. The fraction of sp³-hybridized carbons (Fsp3) is 0.625. The summed E-state index contributed by atoms with van der Waals surface area (Å²) in [6.45, 7) is 6.87. The number of hydrogen-bond acceptors (Lipinski definition) is 5. The maximum absolute atomic E-state index is 11.3. The number of rotatable bonds is 5. The van der Waals surface area contributed by atoms with Crippen LogP contribution in [-0.2, 0) is 9.53 Å². The van der Waals surface area contributed by atoms with Crippen LogP contribution >= 0.6 is 0 Å². The second-order valence-electron chi connectivity index (χ2n) is 5.88. The molecule has 1 aromatic rings. The number of esters is 1. The van der Waals surface area contributed by atoms with Crippen LogP contribution in [0.15, 0.2) is 18.3 Å². The third-order valence-electron chi connectivity index (χ3n) is 4.07. The van der Waals surface area contributed by atoms with E-state index in [0.29, 0.717) is 6.54 Å². The molecule has 116 valence electrons. The average Bonchev–Trinajstić information content (AvgIpc) is 2.53. The van der Waals surface area contributed by atoms with Gasteiger partial charge in [-0.3, -0.25) is 4.79 Å². The summed E-state index contributed by atoms with van der Waals surface area (Å²) < 4.78 is 4.71. The first-order chi connectivity index (χ1) is 10.1. The van der Waals surface area contributed by atoms with Crippen molar-refractivity contribution in [2.75, 3.05) is 37.0 Å². The van der Waals surface area contributed by atoms with Crippen LogP contribution in [0.1, 0.15) is 26.7 Å². The lowest BCUT2D eigenvalue weighted by Gasteiger charge is -2.31. The van der Waals surface area contributed by atoms with Crippen molar-refractivity contribution in [3.05, 3.63) is 18.3 Å². The fourth-order valence-corrected chi connectivity index (χ4v) is 2.47. The van der Waals surface area contributed by atoms with E-state index in [0.717, 1.165) is 30.5 Å². The molecule has 1 N–H and O–H groups in total. The lowest BCUT2D eigenvalue weighted by molar-refractivity contribution is -0.144. The fourth-order valence-electron chi connectivity index (χ4n) is 2.47. The molecule has 0 saturated carbocycles. The molecule has 0 radical (unpaired) electrons. The van der Waals surface area contributed by atoms with Gasteiger partial charge < -0.3 is 15.0 Å². The van der Waals surface area contributed by atoms with Crippen molar-refractivity contribution in [2.24, 2.45) is 11.8 Å². The van der Waals surface area contributed by atoms with Gasteiger partial charge in [0.05, 0.1) is 24.9 Å². The summed E-state index contributed by atoms with van der Waals surface area (Å²) in [6, 6.07) is 4.06. The molecule has 0 amide bonds. The number of anilines is 2. The predicted molar refractivity (Wildman–Crippen MR) is 84.5 cm³/mol. The van der Waals surface area contributed by atoms with E-state index >= 15 is 0 Å². The van der Waals surface area contributed by atoms with Crippen molar-refractivity contribution in [1.82, 2.24) is 4.98 Å². The summed E-state index contributed by atoms with van der Waals surface area (Å²) in [6.07, 6.45) is 4.30. The minimum absolute atomic E-state index is 0.168. The Hall–Kier alpha value is -1.78. The molecule has 2 rings (SSSR count). The monoisotopic (exact) mass is 291 g/mol. The maximum Gasteiger partial charge on any atom is 0.310 e. The highest BCUT2D eigenvalue weighted by Crippen LogP contribution is 2.22. The minimum Gasteiger partial charge on any atom is -0.469 e. The molecule has 1 aliphatic heterocycles. The van der Waals surface area contributed by atoms with Gasteiger partial charge in [0.15, 0.2) is 0 Å². The van der Waals surface area contributed by atoms with E-state index in [4.69, 9.17) is 4.74 Å². The quantitative estimate of drug-likeness (QED) is 0.845. The zero-order valence-electron chi connectivity index (χ0n) is 13.1. The summed E-state index contributed by atoms with van der Waals surface area (Å²) in [5, 5.41) is 3.21. The number of methoxy groups -OCH3 is 1. The summed E-state index contributed by atoms with van der Waals surface area (Å²) >= 11 is 0. The Balaban J connectivity index is 1.86. The maximum atomic E-state index is 11.3. The minimum atomic E-state index is -0.200. The molecule has 1 fully saturated rings. The van der Waals surface area contributed by atoms with Gasteiger partial charge in [0.2, 0.25) is 0 Å². The van der Waals surface area contributed by atoms with E-state index in [1.54, 1.807) is 0 Å². The van der Waals surface area contributed by atoms with Gasteiger partial charge in [-0.2, -0.15) is 0 Å². The van der Waals surface area contributed by atoms with Crippen LogP contribution in [0, 0.1) is 11.8 Å². The zero-order chi connectivity index (χ0) is 15.2. The van der Waals surface area contributed by atoms with Crippen LogP contribution < -0.4 is 10.2 Å². The molecule has 1 atom stereocenters. The van der Waals surface area contributed by atoms with Gasteiger partial charge in [-0.05, 0) is 30.9 Å². The van der Waals surface area contributed by atoms with Crippen LogP contribution in [0.4, 0.5) is 11.5 Å². The molecule has 0 spiro atoms. The summed E-state index contributed by atoms with van der Waals surface area (Å²) in [5.41, 5.74) is 0.930.